The normalized spacial score (nSPS) is 13.7. The zero-order valence-corrected chi connectivity index (χ0v) is 10.3. The molecule has 0 heterocycles. The Morgan fingerprint density at radius 1 is 0.941 bits per heavy atom. The second-order valence-corrected chi connectivity index (χ2v) is 7.38. The highest BCUT2D eigenvalue weighted by Crippen LogP contribution is 2.71. The molecular formula is C7H12N2O6P2. The Bertz CT molecular complexity index is 482. The summed E-state index contributed by atoms with van der Waals surface area (Å²) in [4.78, 5) is 36.2. The molecular weight excluding hydrogens is 270 g/mol. The van der Waals surface area contributed by atoms with Crippen LogP contribution in [0.5, 0.6) is 0 Å². The molecule has 0 saturated heterocycles. The van der Waals surface area contributed by atoms with Crippen LogP contribution in [0, 0.1) is 0 Å². The quantitative estimate of drug-likeness (QED) is 0.324. The predicted molar refractivity (Wildman–Crippen MR) is 60.8 cm³/mol. The van der Waals surface area contributed by atoms with Crippen molar-refractivity contribution in [2.24, 2.45) is 5.73 Å². The van der Waals surface area contributed by atoms with Gasteiger partial charge in [0.05, 0.1) is 0 Å². The fourth-order valence-electron chi connectivity index (χ4n) is 1.23. The first-order valence-corrected chi connectivity index (χ1v) is 7.49. The van der Waals surface area contributed by atoms with Crippen LogP contribution in [0.2, 0.25) is 0 Å². The molecule has 8 N–H and O–H groups in total. The Morgan fingerprint density at radius 2 is 1.29 bits per heavy atom. The summed E-state index contributed by atoms with van der Waals surface area (Å²) in [5.74, 6) is 0. The Balaban J connectivity index is 3.52. The van der Waals surface area contributed by atoms with Gasteiger partial charge in [0.2, 0.25) is 5.02 Å². The number of benzene rings is 1. The van der Waals surface area contributed by atoms with E-state index in [0.717, 1.165) is 12.1 Å². The maximum Gasteiger partial charge on any atom is 0.362 e. The molecule has 96 valence electrons. The minimum atomic E-state index is -5.27. The lowest BCUT2D eigenvalue weighted by molar-refractivity contribution is 0.310. The summed E-state index contributed by atoms with van der Waals surface area (Å²) in [6, 6.07) is 4.60. The van der Waals surface area contributed by atoms with Crippen LogP contribution >= 0.6 is 15.2 Å². The van der Waals surface area contributed by atoms with E-state index in [9.17, 15) is 9.13 Å². The van der Waals surface area contributed by atoms with Crippen LogP contribution in [0.3, 0.4) is 0 Å². The maximum absolute atomic E-state index is 11.2. The minimum absolute atomic E-state index is 0.271. The average molecular weight is 282 g/mol. The topological polar surface area (TPSA) is 167 Å². The molecule has 0 bridgehead atoms. The van der Waals surface area contributed by atoms with Crippen molar-refractivity contribution in [1.82, 2.24) is 0 Å². The smallest absolute Gasteiger partial charge is 0.362 e. The third-order valence-electron chi connectivity index (χ3n) is 2.22. The molecule has 0 unspecified atom stereocenters. The lowest BCUT2D eigenvalue weighted by Crippen LogP contribution is -2.36. The van der Waals surface area contributed by atoms with Crippen molar-refractivity contribution in [2.75, 3.05) is 5.73 Å². The van der Waals surface area contributed by atoms with E-state index in [2.05, 4.69) is 0 Å². The highest BCUT2D eigenvalue weighted by molar-refractivity contribution is 7.71. The minimum Gasteiger partial charge on any atom is -0.399 e. The number of hydrogen-bond acceptors (Lipinski definition) is 4. The molecule has 1 aromatic rings. The van der Waals surface area contributed by atoms with E-state index < -0.39 is 20.2 Å². The van der Waals surface area contributed by atoms with Gasteiger partial charge < -0.3 is 31.0 Å². The van der Waals surface area contributed by atoms with E-state index in [1.807, 2.05) is 0 Å². The molecule has 17 heavy (non-hydrogen) atoms. The molecule has 10 heteroatoms. The highest BCUT2D eigenvalue weighted by Gasteiger charge is 2.58. The van der Waals surface area contributed by atoms with Gasteiger partial charge in [0.1, 0.15) is 0 Å². The zero-order valence-electron chi connectivity index (χ0n) is 8.46. The Kier molecular flexibility index (Phi) is 3.53. The first-order valence-electron chi connectivity index (χ1n) is 4.26. The highest BCUT2D eigenvalue weighted by atomic mass is 31.2. The number of rotatable bonds is 3. The van der Waals surface area contributed by atoms with Crippen LogP contribution in [-0.4, -0.2) is 19.6 Å². The molecule has 0 radical (unpaired) electrons. The molecule has 0 atom stereocenters. The van der Waals surface area contributed by atoms with Crippen LogP contribution in [-0.2, 0) is 14.2 Å². The van der Waals surface area contributed by atoms with Crippen molar-refractivity contribution in [1.29, 1.82) is 0 Å². The molecule has 0 spiro atoms. The monoisotopic (exact) mass is 282 g/mol. The molecule has 1 aromatic carbocycles. The van der Waals surface area contributed by atoms with E-state index in [4.69, 9.17) is 31.0 Å². The van der Waals surface area contributed by atoms with E-state index >= 15 is 0 Å². The van der Waals surface area contributed by atoms with E-state index in [1.54, 1.807) is 0 Å². The van der Waals surface area contributed by atoms with Gasteiger partial charge >= 0.3 is 15.2 Å². The Labute approximate surface area is 96.6 Å². The number of nitrogens with two attached hydrogens (primary N) is 2. The van der Waals surface area contributed by atoms with Crippen molar-refractivity contribution >= 4 is 20.9 Å². The third kappa shape index (κ3) is 2.43. The van der Waals surface area contributed by atoms with Gasteiger partial charge in [-0.2, -0.15) is 0 Å². The molecule has 0 aliphatic heterocycles. The van der Waals surface area contributed by atoms with E-state index in [1.165, 1.54) is 12.1 Å². The van der Waals surface area contributed by atoms with Gasteiger partial charge in [-0.1, -0.05) is 12.1 Å². The van der Waals surface area contributed by atoms with Crippen LogP contribution in [0.1, 0.15) is 5.56 Å². The average Bonchev–Trinajstić information content (AvgIpc) is 2.14. The molecule has 0 saturated carbocycles. The van der Waals surface area contributed by atoms with Crippen LogP contribution in [0.25, 0.3) is 0 Å². The van der Waals surface area contributed by atoms with Crippen LogP contribution < -0.4 is 11.5 Å². The van der Waals surface area contributed by atoms with Gasteiger partial charge in [0.15, 0.2) is 0 Å². The molecule has 8 nitrogen and oxygen atoms in total. The first kappa shape index (κ1) is 14.3. The van der Waals surface area contributed by atoms with Crippen molar-refractivity contribution in [3.63, 3.8) is 0 Å². The van der Waals surface area contributed by atoms with Crippen molar-refractivity contribution < 1.29 is 28.7 Å². The summed E-state index contributed by atoms with van der Waals surface area (Å²) in [5, 5.41) is -3.06. The molecule has 1 rings (SSSR count). The lowest BCUT2D eigenvalue weighted by Gasteiger charge is -2.30. The lowest BCUT2D eigenvalue weighted by atomic mass is 10.2. The van der Waals surface area contributed by atoms with Gasteiger partial charge in [-0.15, -0.1) is 0 Å². The SMILES string of the molecule is Nc1ccc(C(N)(P(=O)(O)O)P(=O)(O)O)cc1. The van der Waals surface area contributed by atoms with Crippen LogP contribution in [0.15, 0.2) is 24.3 Å². The number of anilines is 1. The zero-order chi connectivity index (χ0) is 13.5. The standard InChI is InChI=1S/C7H12N2O6P2/c8-6-3-1-5(2-4-6)7(9,16(10,11)12)17(13,14)15/h1-4H,8-9H2,(H2,10,11,12)(H2,13,14,15). The van der Waals surface area contributed by atoms with Crippen molar-refractivity contribution in [3.8, 4) is 0 Å². The van der Waals surface area contributed by atoms with E-state index in [0.29, 0.717) is 0 Å². The predicted octanol–water partition coefficient (Wildman–Crippen LogP) is -0.307. The van der Waals surface area contributed by atoms with Crippen molar-refractivity contribution in [3.05, 3.63) is 29.8 Å². The first-order chi connectivity index (χ1) is 7.50. The fraction of sp³-hybridized carbons (Fsp3) is 0.143. The molecule has 0 aliphatic carbocycles. The Hall–Kier alpha value is -0.720. The summed E-state index contributed by atoms with van der Waals surface area (Å²) in [6.07, 6.45) is 0. The molecule has 0 aliphatic rings. The number of nitrogen functional groups attached to an aromatic ring is 1. The largest absolute Gasteiger partial charge is 0.399 e. The fourth-order valence-corrected chi connectivity index (χ4v) is 3.56. The summed E-state index contributed by atoms with van der Waals surface area (Å²) in [6.45, 7) is 0. The van der Waals surface area contributed by atoms with Gasteiger partial charge in [0.25, 0.3) is 0 Å². The van der Waals surface area contributed by atoms with Gasteiger partial charge in [-0.3, -0.25) is 9.13 Å². The Morgan fingerprint density at radius 3 is 1.59 bits per heavy atom. The summed E-state index contributed by atoms with van der Waals surface area (Å²) in [7, 11) is -10.5. The summed E-state index contributed by atoms with van der Waals surface area (Å²) >= 11 is 0. The molecule has 0 aromatic heterocycles. The van der Waals surface area contributed by atoms with Gasteiger partial charge in [-0.05, 0) is 17.7 Å². The summed E-state index contributed by atoms with van der Waals surface area (Å²) in [5.41, 5.74) is 10.5. The molecule has 0 fully saturated rings. The summed E-state index contributed by atoms with van der Waals surface area (Å²) < 4.78 is 22.5. The van der Waals surface area contributed by atoms with Crippen LogP contribution in [0.4, 0.5) is 5.69 Å². The van der Waals surface area contributed by atoms with E-state index in [-0.39, 0.29) is 11.3 Å². The number of hydrogen-bond donors (Lipinski definition) is 6. The molecule has 0 amide bonds. The second kappa shape index (κ2) is 4.19. The van der Waals surface area contributed by atoms with Gasteiger partial charge in [0, 0.05) is 5.69 Å². The maximum atomic E-state index is 11.2. The third-order valence-corrected chi connectivity index (χ3v) is 6.08. The van der Waals surface area contributed by atoms with Gasteiger partial charge in [-0.25, -0.2) is 0 Å². The van der Waals surface area contributed by atoms with Crippen molar-refractivity contribution in [2.45, 2.75) is 5.02 Å². The second-order valence-electron chi connectivity index (χ2n) is 3.44.